The first-order valence-corrected chi connectivity index (χ1v) is 6.29. The van der Waals surface area contributed by atoms with Gasteiger partial charge >= 0.3 is 0 Å². The molecule has 0 aliphatic heterocycles. The second kappa shape index (κ2) is 7.24. The van der Waals surface area contributed by atoms with Gasteiger partial charge in [-0.05, 0) is 31.0 Å². The van der Waals surface area contributed by atoms with E-state index in [-0.39, 0.29) is 12.5 Å². The quantitative estimate of drug-likeness (QED) is 0.835. The van der Waals surface area contributed by atoms with Crippen LogP contribution < -0.4 is 10.1 Å². The summed E-state index contributed by atoms with van der Waals surface area (Å²) in [6, 6.07) is 5.00. The molecule has 18 heavy (non-hydrogen) atoms. The molecule has 0 fully saturated rings. The molecule has 0 bridgehead atoms. The lowest BCUT2D eigenvalue weighted by Gasteiger charge is -2.10. The highest BCUT2D eigenvalue weighted by atomic mass is 35.5. The van der Waals surface area contributed by atoms with E-state index in [0.29, 0.717) is 22.9 Å². The Morgan fingerprint density at radius 3 is 2.83 bits per heavy atom. The molecule has 0 saturated heterocycles. The van der Waals surface area contributed by atoms with E-state index >= 15 is 0 Å². The third-order valence-corrected chi connectivity index (χ3v) is 2.66. The number of rotatable bonds is 6. The second-order valence-electron chi connectivity index (χ2n) is 4.00. The predicted octanol–water partition coefficient (Wildman–Crippen LogP) is 2.30. The van der Waals surface area contributed by atoms with Crippen LogP contribution in [-0.2, 0) is 4.79 Å². The molecular formula is C13H18ClNO3. The average molecular weight is 272 g/mol. The Morgan fingerprint density at radius 2 is 2.28 bits per heavy atom. The molecule has 5 heteroatoms. The molecule has 1 amide bonds. The topological polar surface area (TPSA) is 58.6 Å². The Morgan fingerprint density at radius 1 is 1.56 bits per heavy atom. The maximum Gasteiger partial charge on any atom is 0.257 e. The highest BCUT2D eigenvalue weighted by Crippen LogP contribution is 2.27. The van der Waals surface area contributed by atoms with Gasteiger partial charge < -0.3 is 15.2 Å². The monoisotopic (exact) mass is 271 g/mol. The maximum atomic E-state index is 11.3. The highest BCUT2D eigenvalue weighted by molar-refractivity contribution is 6.32. The maximum absolute atomic E-state index is 11.3. The number of halogens is 1. The van der Waals surface area contributed by atoms with Crippen molar-refractivity contribution in [3.63, 3.8) is 0 Å². The number of amides is 1. The molecule has 1 aromatic carbocycles. The molecule has 4 nitrogen and oxygen atoms in total. The van der Waals surface area contributed by atoms with Gasteiger partial charge in [-0.3, -0.25) is 4.79 Å². The van der Waals surface area contributed by atoms with Crippen LogP contribution in [0.3, 0.4) is 0 Å². The molecule has 1 rings (SSSR count). The summed E-state index contributed by atoms with van der Waals surface area (Å²) in [4.78, 5) is 11.3. The second-order valence-corrected chi connectivity index (χ2v) is 4.41. The first-order chi connectivity index (χ1) is 8.54. The fraction of sp³-hybridized carbons (Fsp3) is 0.462. The molecule has 0 spiro atoms. The first-order valence-electron chi connectivity index (χ1n) is 5.91. The largest absolute Gasteiger partial charge is 0.482 e. The van der Waals surface area contributed by atoms with Crippen molar-refractivity contribution in [3.05, 3.63) is 28.8 Å². The zero-order valence-corrected chi connectivity index (χ0v) is 11.3. The van der Waals surface area contributed by atoms with Gasteiger partial charge in [0, 0.05) is 6.54 Å². The summed E-state index contributed by atoms with van der Waals surface area (Å²) in [7, 11) is 0. The number of ether oxygens (including phenoxy) is 1. The molecule has 0 aliphatic rings. The zero-order chi connectivity index (χ0) is 13.5. The van der Waals surface area contributed by atoms with Crippen LogP contribution in [0.4, 0.5) is 0 Å². The molecule has 0 saturated carbocycles. The van der Waals surface area contributed by atoms with Crippen molar-refractivity contribution in [3.8, 4) is 5.75 Å². The van der Waals surface area contributed by atoms with E-state index in [0.717, 1.165) is 6.42 Å². The standard InChI is InChI=1S/C13H18ClNO3/c1-3-6-15-13(17)8-18-12-5-4-10(9(2)16)7-11(12)14/h4-5,7,9,16H,3,6,8H2,1-2H3,(H,15,17)/t9-/m0/s1. The average Bonchev–Trinajstić information content (AvgIpc) is 2.34. The number of carbonyl (C=O) groups excluding carboxylic acids is 1. The molecule has 0 heterocycles. The first kappa shape index (κ1) is 14.8. The summed E-state index contributed by atoms with van der Waals surface area (Å²) in [6.45, 7) is 4.21. The van der Waals surface area contributed by atoms with Gasteiger partial charge in [-0.15, -0.1) is 0 Å². The van der Waals surface area contributed by atoms with Crippen molar-refractivity contribution in [1.82, 2.24) is 5.32 Å². The van der Waals surface area contributed by atoms with Crippen LogP contribution in [0, 0.1) is 0 Å². The van der Waals surface area contributed by atoms with Crippen molar-refractivity contribution < 1.29 is 14.6 Å². The van der Waals surface area contributed by atoms with E-state index in [2.05, 4.69) is 5.32 Å². The van der Waals surface area contributed by atoms with Crippen molar-refractivity contribution >= 4 is 17.5 Å². The number of aliphatic hydroxyl groups excluding tert-OH is 1. The normalized spacial score (nSPS) is 12.0. The minimum absolute atomic E-state index is 0.0618. The van der Waals surface area contributed by atoms with Crippen LogP contribution in [0.2, 0.25) is 5.02 Å². The van der Waals surface area contributed by atoms with Crippen LogP contribution in [0.1, 0.15) is 31.9 Å². The van der Waals surface area contributed by atoms with Crippen molar-refractivity contribution in [2.75, 3.05) is 13.2 Å². The number of hydrogen-bond donors (Lipinski definition) is 2. The number of benzene rings is 1. The van der Waals surface area contributed by atoms with Crippen LogP contribution in [0.15, 0.2) is 18.2 Å². The minimum Gasteiger partial charge on any atom is -0.482 e. The van der Waals surface area contributed by atoms with Gasteiger partial charge in [-0.1, -0.05) is 24.6 Å². The van der Waals surface area contributed by atoms with Gasteiger partial charge in [-0.25, -0.2) is 0 Å². The number of hydrogen-bond acceptors (Lipinski definition) is 3. The van der Waals surface area contributed by atoms with E-state index in [4.69, 9.17) is 16.3 Å². The lowest BCUT2D eigenvalue weighted by molar-refractivity contribution is -0.123. The smallest absolute Gasteiger partial charge is 0.257 e. The van der Waals surface area contributed by atoms with Crippen LogP contribution >= 0.6 is 11.6 Å². The van der Waals surface area contributed by atoms with Crippen LogP contribution in [-0.4, -0.2) is 24.2 Å². The minimum atomic E-state index is -0.579. The van der Waals surface area contributed by atoms with Crippen molar-refractivity contribution in [2.24, 2.45) is 0 Å². The Balaban J connectivity index is 2.55. The van der Waals surface area contributed by atoms with Crippen molar-refractivity contribution in [2.45, 2.75) is 26.4 Å². The summed E-state index contributed by atoms with van der Waals surface area (Å²) >= 11 is 5.99. The fourth-order valence-corrected chi connectivity index (χ4v) is 1.60. The summed E-state index contributed by atoms with van der Waals surface area (Å²) in [6.07, 6.45) is 0.305. The summed E-state index contributed by atoms with van der Waals surface area (Å²) < 4.78 is 5.30. The third kappa shape index (κ3) is 4.55. The predicted molar refractivity (Wildman–Crippen MR) is 70.9 cm³/mol. The lowest BCUT2D eigenvalue weighted by atomic mass is 10.1. The zero-order valence-electron chi connectivity index (χ0n) is 10.6. The van der Waals surface area contributed by atoms with Gasteiger partial charge in [0.05, 0.1) is 11.1 Å². The van der Waals surface area contributed by atoms with Gasteiger partial charge in [-0.2, -0.15) is 0 Å². The number of carbonyl (C=O) groups is 1. The molecule has 100 valence electrons. The highest BCUT2D eigenvalue weighted by Gasteiger charge is 2.08. The van der Waals surface area contributed by atoms with E-state index in [9.17, 15) is 9.90 Å². The van der Waals surface area contributed by atoms with Crippen molar-refractivity contribution in [1.29, 1.82) is 0 Å². The van der Waals surface area contributed by atoms with E-state index < -0.39 is 6.10 Å². The molecule has 0 aromatic heterocycles. The molecule has 2 N–H and O–H groups in total. The summed E-state index contributed by atoms with van der Waals surface area (Å²) in [5, 5.41) is 12.5. The van der Waals surface area contributed by atoms with Gasteiger partial charge in [0.2, 0.25) is 0 Å². The molecule has 1 atom stereocenters. The molecule has 0 aliphatic carbocycles. The molecular weight excluding hydrogens is 254 g/mol. The molecule has 1 aromatic rings. The third-order valence-electron chi connectivity index (χ3n) is 2.37. The van der Waals surface area contributed by atoms with E-state index in [1.54, 1.807) is 25.1 Å². The number of nitrogens with one attached hydrogen (secondary N) is 1. The summed E-state index contributed by atoms with van der Waals surface area (Å²) in [5.41, 5.74) is 0.711. The van der Waals surface area contributed by atoms with Crippen LogP contribution in [0.5, 0.6) is 5.75 Å². The lowest BCUT2D eigenvalue weighted by Crippen LogP contribution is -2.29. The Labute approximate surface area is 112 Å². The van der Waals surface area contributed by atoms with E-state index in [1.165, 1.54) is 0 Å². The molecule has 0 radical (unpaired) electrons. The Hall–Kier alpha value is -1.26. The van der Waals surface area contributed by atoms with E-state index in [1.807, 2.05) is 6.92 Å². The Kier molecular flexibility index (Phi) is 5.95. The number of aliphatic hydroxyl groups is 1. The van der Waals surface area contributed by atoms with Gasteiger partial charge in [0.1, 0.15) is 5.75 Å². The molecule has 0 unspecified atom stereocenters. The Bertz CT molecular complexity index is 407. The van der Waals surface area contributed by atoms with Crippen LogP contribution in [0.25, 0.3) is 0 Å². The fourth-order valence-electron chi connectivity index (χ4n) is 1.35. The SMILES string of the molecule is CCCNC(=O)COc1ccc([C@H](C)O)cc1Cl. The van der Waals surface area contributed by atoms with Gasteiger partial charge in [0.25, 0.3) is 5.91 Å². The van der Waals surface area contributed by atoms with Gasteiger partial charge in [0.15, 0.2) is 6.61 Å². The summed E-state index contributed by atoms with van der Waals surface area (Å²) in [5.74, 6) is 0.264.